The Balaban J connectivity index is 1.55. The highest BCUT2D eigenvalue weighted by Gasteiger charge is 2.38. The van der Waals surface area contributed by atoms with Crippen LogP contribution in [-0.2, 0) is 4.79 Å². The molecular formula is C18H17NO3. The summed E-state index contributed by atoms with van der Waals surface area (Å²) in [5.41, 5.74) is 1.90. The SMILES string of the molecule is O=C(/C=C/c1ccc(O)c(O)c1)N[C@H]1C[C@@H]1c1ccccc1. The molecule has 3 N–H and O–H groups in total. The third kappa shape index (κ3) is 3.28. The summed E-state index contributed by atoms with van der Waals surface area (Å²) in [6, 6.07) is 14.7. The molecule has 4 heteroatoms. The third-order valence-corrected chi connectivity index (χ3v) is 3.77. The Hall–Kier alpha value is -2.75. The molecule has 1 aliphatic rings. The van der Waals surface area contributed by atoms with Crippen LogP contribution in [0.2, 0.25) is 0 Å². The Labute approximate surface area is 128 Å². The second kappa shape index (κ2) is 5.93. The van der Waals surface area contributed by atoms with E-state index >= 15 is 0 Å². The average molecular weight is 295 g/mol. The molecule has 0 heterocycles. The van der Waals surface area contributed by atoms with Crippen molar-refractivity contribution >= 4 is 12.0 Å². The van der Waals surface area contributed by atoms with Crippen LogP contribution in [0.15, 0.2) is 54.6 Å². The summed E-state index contributed by atoms with van der Waals surface area (Å²) in [4.78, 5) is 11.9. The van der Waals surface area contributed by atoms with Gasteiger partial charge in [-0.05, 0) is 35.8 Å². The van der Waals surface area contributed by atoms with Crippen molar-refractivity contribution in [3.8, 4) is 11.5 Å². The minimum Gasteiger partial charge on any atom is -0.504 e. The number of phenols is 2. The molecular weight excluding hydrogens is 278 g/mol. The molecule has 1 fully saturated rings. The van der Waals surface area contributed by atoms with Crippen LogP contribution in [0.4, 0.5) is 0 Å². The van der Waals surface area contributed by atoms with Crippen molar-refractivity contribution in [1.82, 2.24) is 5.32 Å². The summed E-state index contributed by atoms with van der Waals surface area (Å²) in [5, 5.41) is 21.6. The highest BCUT2D eigenvalue weighted by Crippen LogP contribution is 2.40. The summed E-state index contributed by atoms with van der Waals surface area (Å²) in [6.07, 6.45) is 4.00. The molecule has 0 bridgehead atoms. The van der Waals surface area contributed by atoms with Gasteiger partial charge in [-0.2, -0.15) is 0 Å². The van der Waals surface area contributed by atoms with Crippen molar-refractivity contribution in [2.24, 2.45) is 0 Å². The van der Waals surface area contributed by atoms with E-state index in [2.05, 4.69) is 17.4 Å². The van der Waals surface area contributed by atoms with Crippen LogP contribution in [0.25, 0.3) is 6.08 Å². The molecule has 0 unspecified atom stereocenters. The van der Waals surface area contributed by atoms with Gasteiger partial charge in [-0.15, -0.1) is 0 Å². The van der Waals surface area contributed by atoms with Gasteiger partial charge in [-0.25, -0.2) is 0 Å². The summed E-state index contributed by atoms with van der Waals surface area (Å²) in [5.74, 6) is -0.133. The van der Waals surface area contributed by atoms with E-state index in [4.69, 9.17) is 0 Å². The number of nitrogens with one attached hydrogen (secondary N) is 1. The molecule has 2 aromatic rings. The van der Waals surface area contributed by atoms with E-state index in [0.29, 0.717) is 11.5 Å². The van der Waals surface area contributed by atoms with Crippen LogP contribution >= 0.6 is 0 Å². The molecule has 0 spiro atoms. The molecule has 1 amide bonds. The zero-order valence-corrected chi connectivity index (χ0v) is 11.9. The average Bonchev–Trinajstić information content (AvgIpc) is 3.28. The monoisotopic (exact) mass is 295 g/mol. The van der Waals surface area contributed by atoms with Crippen LogP contribution in [0, 0.1) is 0 Å². The number of phenolic OH excluding ortho intramolecular Hbond substituents is 2. The quantitative estimate of drug-likeness (QED) is 0.600. The normalized spacial score (nSPS) is 20.0. The first kappa shape index (κ1) is 14.2. The van der Waals surface area contributed by atoms with Crippen LogP contribution in [0.1, 0.15) is 23.5 Å². The van der Waals surface area contributed by atoms with Gasteiger partial charge in [-0.3, -0.25) is 4.79 Å². The predicted molar refractivity (Wildman–Crippen MR) is 84.5 cm³/mol. The molecule has 1 saturated carbocycles. The number of aromatic hydroxyl groups is 2. The molecule has 1 aliphatic carbocycles. The lowest BCUT2D eigenvalue weighted by Gasteiger charge is -2.02. The van der Waals surface area contributed by atoms with Crippen LogP contribution < -0.4 is 5.32 Å². The minimum atomic E-state index is -0.200. The topological polar surface area (TPSA) is 69.6 Å². The fourth-order valence-corrected chi connectivity index (χ4v) is 2.47. The van der Waals surface area contributed by atoms with E-state index in [1.54, 1.807) is 12.1 Å². The lowest BCUT2D eigenvalue weighted by Crippen LogP contribution is -2.24. The number of carbonyl (C=O) groups is 1. The summed E-state index contributed by atoms with van der Waals surface area (Å²) in [6.45, 7) is 0. The fourth-order valence-electron chi connectivity index (χ4n) is 2.47. The first-order chi connectivity index (χ1) is 10.6. The first-order valence-corrected chi connectivity index (χ1v) is 7.19. The number of amides is 1. The van der Waals surface area contributed by atoms with Gasteiger partial charge < -0.3 is 15.5 Å². The number of hydrogen-bond donors (Lipinski definition) is 3. The Bertz CT molecular complexity index is 710. The Morgan fingerprint density at radius 3 is 2.59 bits per heavy atom. The van der Waals surface area contributed by atoms with E-state index in [-0.39, 0.29) is 23.4 Å². The fraction of sp³-hybridized carbons (Fsp3) is 0.167. The lowest BCUT2D eigenvalue weighted by atomic mass is 10.1. The Kier molecular flexibility index (Phi) is 3.83. The van der Waals surface area contributed by atoms with Crippen molar-refractivity contribution in [2.75, 3.05) is 0 Å². The van der Waals surface area contributed by atoms with E-state index in [9.17, 15) is 15.0 Å². The second-order valence-corrected chi connectivity index (χ2v) is 5.45. The van der Waals surface area contributed by atoms with Crippen molar-refractivity contribution in [1.29, 1.82) is 0 Å². The third-order valence-electron chi connectivity index (χ3n) is 3.77. The van der Waals surface area contributed by atoms with Gasteiger partial charge in [0.05, 0.1) is 0 Å². The maximum Gasteiger partial charge on any atom is 0.244 e. The molecule has 0 radical (unpaired) electrons. The van der Waals surface area contributed by atoms with Crippen molar-refractivity contribution < 1.29 is 15.0 Å². The summed E-state index contributed by atoms with van der Waals surface area (Å²) in [7, 11) is 0. The van der Waals surface area contributed by atoms with Gasteiger partial charge in [0.2, 0.25) is 5.91 Å². The zero-order valence-electron chi connectivity index (χ0n) is 11.9. The van der Waals surface area contributed by atoms with Gasteiger partial charge in [0.15, 0.2) is 11.5 Å². The maximum atomic E-state index is 11.9. The lowest BCUT2D eigenvalue weighted by molar-refractivity contribution is -0.116. The smallest absolute Gasteiger partial charge is 0.244 e. The Morgan fingerprint density at radius 2 is 1.86 bits per heavy atom. The first-order valence-electron chi connectivity index (χ1n) is 7.19. The number of benzene rings is 2. The van der Waals surface area contributed by atoms with E-state index in [1.807, 2.05) is 18.2 Å². The van der Waals surface area contributed by atoms with Crippen molar-refractivity contribution in [3.63, 3.8) is 0 Å². The molecule has 4 nitrogen and oxygen atoms in total. The molecule has 0 aliphatic heterocycles. The minimum absolute atomic E-state index is 0.156. The number of carbonyl (C=O) groups excluding carboxylic acids is 1. The van der Waals surface area contributed by atoms with Gasteiger partial charge >= 0.3 is 0 Å². The highest BCUT2D eigenvalue weighted by atomic mass is 16.3. The largest absolute Gasteiger partial charge is 0.504 e. The van der Waals surface area contributed by atoms with Crippen LogP contribution in [-0.4, -0.2) is 22.2 Å². The molecule has 2 atom stereocenters. The van der Waals surface area contributed by atoms with Crippen LogP contribution in [0.3, 0.4) is 0 Å². The summed E-state index contributed by atoms with van der Waals surface area (Å²) < 4.78 is 0. The zero-order chi connectivity index (χ0) is 15.5. The molecule has 0 saturated heterocycles. The van der Waals surface area contributed by atoms with E-state index in [1.165, 1.54) is 23.8 Å². The highest BCUT2D eigenvalue weighted by molar-refractivity contribution is 5.92. The van der Waals surface area contributed by atoms with E-state index in [0.717, 1.165) is 6.42 Å². The van der Waals surface area contributed by atoms with Gasteiger partial charge in [-0.1, -0.05) is 36.4 Å². The molecule has 112 valence electrons. The van der Waals surface area contributed by atoms with Crippen molar-refractivity contribution in [3.05, 3.63) is 65.7 Å². The standard InChI is InChI=1S/C18H17NO3/c20-16-8-6-12(10-17(16)21)7-9-18(22)19-15-11-14(15)13-4-2-1-3-5-13/h1-10,14-15,20-21H,11H2,(H,19,22)/b9-7+/t14-,15+/m1/s1. The predicted octanol–water partition coefficient (Wildman–Crippen LogP) is 2.78. The molecule has 22 heavy (non-hydrogen) atoms. The van der Waals surface area contributed by atoms with Crippen molar-refractivity contribution in [2.45, 2.75) is 18.4 Å². The second-order valence-electron chi connectivity index (χ2n) is 5.45. The van der Waals surface area contributed by atoms with Gasteiger partial charge in [0, 0.05) is 18.0 Å². The molecule has 2 aromatic carbocycles. The van der Waals surface area contributed by atoms with E-state index < -0.39 is 0 Å². The summed E-state index contributed by atoms with van der Waals surface area (Å²) >= 11 is 0. The van der Waals surface area contributed by atoms with Crippen LogP contribution in [0.5, 0.6) is 11.5 Å². The van der Waals surface area contributed by atoms with Gasteiger partial charge in [0.1, 0.15) is 0 Å². The number of rotatable bonds is 4. The number of hydrogen-bond acceptors (Lipinski definition) is 3. The van der Waals surface area contributed by atoms with Gasteiger partial charge in [0.25, 0.3) is 0 Å². The Morgan fingerprint density at radius 1 is 1.09 bits per heavy atom. The molecule has 0 aromatic heterocycles. The maximum absolute atomic E-state index is 11.9. The molecule has 3 rings (SSSR count).